The lowest BCUT2D eigenvalue weighted by Gasteiger charge is -2.19. The number of benzene rings is 2. The molecular formula is C15H13F4NO. The molecule has 21 heavy (non-hydrogen) atoms. The smallest absolute Gasteiger partial charge is 0.404 e. The summed E-state index contributed by atoms with van der Waals surface area (Å²) in [5.41, 5.74) is 0.505. The molecule has 1 N–H and O–H groups in total. The molecular weight excluding hydrogens is 286 g/mol. The van der Waals surface area contributed by atoms with Crippen LogP contribution in [0.15, 0.2) is 48.5 Å². The molecule has 2 aromatic carbocycles. The van der Waals surface area contributed by atoms with Gasteiger partial charge in [-0.2, -0.15) is 0 Å². The fraction of sp³-hybridized carbons (Fsp3) is 0.200. The van der Waals surface area contributed by atoms with Crippen LogP contribution >= 0.6 is 0 Å². The highest BCUT2D eigenvalue weighted by atomic mass is 19.4. The van der Waals surface area contributed by atoms with E-state index < -0.39 is 18.2 Å². The van der Waals surface area contributed by atoms with Gasteiger partial charge in [-0.15, -0.1) is 13.2 Å². The van der Waals surface area contributed by atoms with Gasteiger partial charge >= 0.3 is 6.36 Å². The van der Waals surface area contributed by atoms with E-state index in [-0.39, 0.29) is 11.4 Å². The molecule has 0 aliphatic rings. The second kappa shape index (κ2) is 6.03. The minimum Gasteiger partial charge on any atom is -0.404 e. The standard InChI is InChI=1S/C15H13F4NO/c1-10(11-6-2-3-7-12(11)16)20-13-8-4-5-9-14(13)21-15(17,18)19/h2-10,20H,1H3. The molecule has 0 heterocycles. The fourth-order valence-electron chi connectivity index (χ4n) is 1.94. The molecule has 0 radical (unpaired) electrons. The van der Waals surface area contributed by atoms with Gasteiger partial charge in [-0.05, 0) is 25.1 Å². The number of anilines is 1. The highest BCUT2D eigenvalue weighted by Crippen LogP contribution is 2.32. The monoisotopic (exact) mass is 299 g/mol. The Balaban J connectivity index is 2.22. The highest BCUT2D eigenvalue weighted by molar-refractivity contribution is 5.57. The first kappa shape index (κ1) is 15.2. The Kier molecular flexibility index (Phi) is 4.35. The van der Waals surface area contributed by atoms with Crippen molar-refractivity contribution in [2.75, 3.05) is 5.32 Å². The maximum atomic E-state index is 13.7. The molecule has 0 saturated carbocycles. The van der Waals surface area contributed by atoms with E-state index in [9.17, 15) is 17.6 Å². The third kappa shape index (κ3) is 4.11. The first-order valence-electron chi connectivity index (χ1n) is 6.22. The summed E-state index contributed by atoms with van der Waals surface area (Å²) in [5, 5.41) is 2.83. The Labute approximate surface area is 119 Å². The van der Waals surface area contributed by atoms with Crippen molar-refractivity contribution in [3.8, 4) is 5.75 Å². The van der Waals surface area contributed by atoms with Crippen molar-refractivity contribution < 1.29 is 22.3 Å². The van der Waals surface area contributed by atoms with Crippen LogP contribution in [0.2, 0.25) is 0 Å². The van der Waals surface area contributed by atoms with Gasteiger partial charge in [0, 0.05) is 5.56 Å². The van der Waals surface area contributed by atoms with Crippen LogP contribution < -0.4 is 10.1 Å². The second-order valence-electron chi connectivity index (χ2n) is 4.43. The zero-order valence-electron chi connectivity index (χ0n) is 11.1. The number of halogens is 4. The third-order valence-electron chi connectivity index (χ3n) is 2.86. The van der Waals surface area contributed by atoms with Gasteiger partial charge in [0.05, 0.1) is 11.7 Å². The number of nitrogens with one attached hydrogen (secondary N) is 1. The number of para-hydroxylation sites is 2. The average Bonchev–Trinajstić information content (AvgIpc) is 2.40. The summed E-state index contributed by atoms with van der Waals surface area (Å²) in [6.45, 7) is 1.66. The van der Waals surface area contributed by atoms with Crippen LogP contribution in [0.3, 0.4) is 0 Å². The van der Waals surface area contributed by atoms with Crippen molar-refractivity contribution in [2.24, 2.45) is 0 Å². The predicted molar refractivity (Wildman–Crippen MR) is 71.6 cm³/mol. The van der Waals surface area contributed by atoms with E-state index in [0.29, 0.717) is 5.56 Å². The van der Waals surface area contributed by atoms with Gasteiger partial charge in [-0.1, -0.05) is 30.3 Å². The first-order valence-corrected chi connectivity index (χ1v) is 6.22. The molecule has 0 amide bonds. The number of alkyl halides is 3. The lowest BCUT2D eigenvalue weighted by Crippen LogP contribution is -2.18. The van der Waals surface area contributed by atoms with Crippen molar-refractivity contribution in [2.45, 2.75) is 19.3 Å². The second-order valence-corrected chi connectivity index (χ2v) is 4.43. The van der Waals surface area contributed by atoms with E-state index >= 15 is 0 Å². The SMILES string of the molecule is CC(Nc1ccccc1OC(F)(F)F)c1ccccc1F. The fourth-order valence-corrected chi connectivity index (χ4v) is 1.94. The molecule has 0 bridgehead atoms. The van der Waals surface area contributed by atoms with Crippen LogP contribution in [0, 0.1) is 5.82 Å². The Morgan fingerprint density at radius 3 is 2.29 bits per heavy atom. The summed E-state index contributed by atoms with van der Waals surface area (Å²) in [6, 6.07) is 11.2. The summed E-state index contributed by atoms with van der Waals surface area (Å²) in [5.74, 6) is -0.778. The number of hydrogen-bond donors (Lipinski definition) is 1. The third-order valence-corrected chi connectivity index (χ3v) is 2.86. The largest absolute Gasteiger partial charge is 0.573 e. The minimum absolute atomic E-state index is 0.144. The number of ether oxygens (including phenoxy) is 1. The molecule has 1 atom stereocenters. The quantitative estimate of drug-likeness (QED) is 0.811. The van der Waals surface area contributed by atoms with E-state index in [1.807, 2.05) is 0 Å². The van der Waals surface area contributed by atoms with E-state index in [2.05, 4.69) is 10.1 Å². The van der Waals surface area contributed by atoms with Crippen molar-refractivity contribution in [3.63, 3.8) is 0 Å². The normalized spacial score (nSPS) is 12.8. The number of hydrogen-bond acceptors (Lipinski definition) is 2. The van der Waals surface area contributed by atoms with Crippen molar-refractivity contribution in [1.82, 2.24) is 0 Å². The van der Waals surface area contributed by atoms with Crippen molar-refractivity contribution in [3.05, 3.63) is 59.9 Å². The molecule has 0 spiro atoms. The summed E-state index contributed by atoms with van der Waals surface area (Å²) < 4.78 is 54.6. The van der Waals surface area contributed by atoms with E-state index in [1.54, 1.807) is 31.2 Å². The Morgan fingerprint density at radius 2 is 1.62 bits per heavy atom. The molecule has 0 aliphatic heterocycles. The van der Waals surface area contributed by atoms with Gasteiger partial charge in [-0.25, -0.2) is 4.39 Å². The maximum absolute atomic E-state index is 13.7. The summed E-state index contributed by atoms with van der Waals surface area (Å²) in [7, 11) is 0. The molecule has 2 aromatic rings. The van der Waals surface area contributed by atoms with Gasteiger partial charge in [0.25, 0.3) is 0 Å². The zero-order chi connectivity index (χ0) is 15.5. The molecule has 0 saturated heterocycles. The van der Waals surface area contributed by atoms with E-state index in [1.165, 1.54) is 24.3 Å². The van der Waals surface area contributed by atoms with Gasteiger partial charge in [0.1, 0.15) is 5.82 Å². The van der Waals surface area contributed by atoms with E-state index in [4.69, 9.17) is 0 Å². The summed E-state index contributed by atoms with van der Waals surface area (Å²) >= 11 is 0. The molecule has 0 aliphatic carbocycles. The van der Waals surface area contributed by atoms with Gasteiger partial charge in [0.2, 0.25) is 0 Å². The molecule has 2 nitrogen and oxygen atoms in total. The molecule has 0 aromatic heterocycles. The molecule has 1 unspecified atom stereocenters. The average molecular weight is 299 g/mol. The van der Waals surface area contributed by atoms with Crippen LogP contribution in [0.25, 0.3) is 0 Å². The van der Waals surface area contributed by atoms with Crippen LogP contribution in [-0.2, 0) is 0 Å². The van der Waals surface area contributed by atoms with Crippen LogP contribution in [0.5, 0.6) is 5.75 Å². The number of rotatable bonds is 4. The van der Waals surface area contributed by atoms with Gasteiger partial charge in [0.15, 0.2) is 5.75 Å². The Hall–Kier alpha value is -2.24. The summed E-state index contributed by atoms with van der Waals surface area (Å²) in [6.07, 6.45) is -4.78. The zero-order valence-corrected chi connectivity index (χ0v) is 11.1. The lowest BCUT2D eigenvalue weighted by atomic mass is 10.1. The van der Waals surface area contributed by atoms with Gasteiger partial charge in [-0.3, -0.25) is 0 Å². The van der Waals surface area contributed by atoms with Crippen molar-refractivity contribution in [1.29, 1.82) is 0 Å². The van der Waals surface area contributed by atoms with Gasteiger partial charge < -0.3 is 10.1 Å². The minimum atomic E-state index is -4.78. The lowest BCUT2D eigenvalue weighted by molar-refractivity contribution is -0.274. The summed E-state index contributed by atoms with van der Waals surface area (Å²) in [4.78, 5) is 0. The topological polar surface area (TPSA) is 21.3 Å². The molecule has 6 heteroatoms. The van der Waals surface area contributed by atoms with Crippen LogP contribution in [0.4, 0.5) is 23.2 Å². The molecule has 0 fully saturated rings. The Bertz CT molecular complexity index is 613. The van der Waals surface area contributed by atoms with E-state index in [0.717, 1.165) is 0 Å². The Morgan fingerprint density at radius 1 is 1.00 bits per heavy atom. The predicted octanol–water partition coefficient (Wildman–Crippen LogP) is 4.90. The molecule has 112 valence electrons. The van der Waals surface area contributed by atoms with Crippen LogP contribution in [0.1, 0.15) is 18.5 Å². The first-order chi connectivity index (χ1) is 9.87. The van der Waals surface area contributed by atoms with Crippen LogP contribution in [-0.4, -0.2) is 6.36 Å². The van der Waals surface area contributed by atoms with Crippen molar-refractivity contribution >= 4 is 5.69 Å². The molecule has 2 rings (SSSR count). The highest BCUT2D eigenvalue weighted by Gasteiger charge is 2.32. The maximum Gasteiger partial charge on any atom is 0.573 e.